The second-order valence-corrected chi connectivity index (χ2v) is 4.38. The number of benzene rings is 2. The zero-order valence-electron chi connectivity index (χ0n) is 9.88. The van der Waals surface area contributed by atoms with Crippen molar-refractivity contribution in [2.75, 3.05) is 0 Å². The lowest BCUT2D eigenvalue weighted by Crippen LogP contribution is -2.00. The average molecular weight is 261 g/mol. The summed E-state index contributed by atoms with van der Waals surface area (Å²) in [6.07, 6.45) is -0.00981. The highest BCUT2D eigenvalue weighted by atomic mass is 19.2. The number of aromatic nitrogens is 1. The van der Waals surface area contributed by atoms with E-state index in [2.05, 4.69) is 4.98 Å². The normalized spacial score (nSPS) is 11.1. The van der Waals surface area contributed by atoms with Gasteiger partial charge in [-0.25, -0.2) is 13.2 Å². The molecule has 4 heteroatoms. The molecule has 0 aliphatic rings. The van der Waals surface area contributed by atoms with Crippen LogP contribution in [-0.4, -0.2) is 4.98 Å². The van der Waals surface area contributed by atoms with E-state index in [0.29, 0.717) is 5.69 Å². The molecule has 0 unspecified atom stereocenters. The van der Waals surface area contributed by atoms with Crippen molar-refractivity contribution in [2.24, 2.45) is 0 Å². The van der Waals surface area contributed by atoms with Crippen LogP contribution in [0.4, 0.5) is 13.2 Å². The molecule has 0 spiro atoms. The summed E-state index contributed by atoms with van der Waals surface area (Å²) in [5.74, 6) is -2.90. The first-order valence-electron chi connectivity index (χ1n) is 5.84. The van der Waals surface area contributed by atoms with Crippen LogP contribution in [0.1, 0.15) is 11.3 Å². The van der Waals surface area contributed by atoms with Crippen LogP contribution in [0.3, 0.4) is 0 Å². The third-order valence-electron chi connectivity index (χ3n) is 3.09. The predicted molar refractivity (Wildman–Crippen MR) is 67.4 cm³/mol. The molecule has 0 fully saturated rings. The van der Waals surface area contributed by atoms with Crippen molar-refractivity contribution in [3.8, 4) is 0 Å². The van der Waals surface area contributed by atoms with Crippen LogP contribution in [-0.2, 0) is 6.42 Å². The van der Waals surface area contributed by atoms with Crippen LogP contribution in [0, 0.1) is 17.5 Å². The standard InChI is InChI=1S/C15H10F3N/c16-12-5-6-13(17)15(18)11(12)8-10-7-9-3-1-2-4-14(9)19-10/h1-7,19H,8H2. The Morgan fingerprint density at radius 3 is 2.42 bits per heavy atom. The van der Waals surface area contributed by atoms with Crippen LogP contribution in [0.25, 0.3) is 10.9 Å². The molecular formula is C15H10F3N. The maximum absolute atomic E-state index is 13.6. The van der Waals surface area contributed by atoms with E-state index in [1.165, 1.54) is 0 Å². The van der Waals surface area contributed by atoms with Crippen LogP contribution in [0.15, 0.2) is 42.5 Å². The van der Waals surface area contributed by atoms with E-state index in [1.807, 2.05) is 24.3 Å². The highest BCUT2D eigenvalue weighted by molar-refractivity contribution is 5.80. The number of H-pyrrole nitrogens is 1. The first-order valence-corrected chi connectivity index (χ1v) is 5.84. The monoisotopic (exact) mass is 261 g/mol. The summed E-state index contributed by atoms with van der Waals surface area (Å²) in [5.41, 5.74) is 1.27. The second kappa shape index (κ2) is 4.46. The van der Waals surface area contributed by atoms with Crippen LogP contribution < -0.4 is 0 Å². The van der Waals surface area contributed by atoms with Gasteiger partial charge in [0.25, 0.3) is 0 Å². The fourth-order valence-corrected chi connectivity index (χ4v) is 2.15. The summed E-state index contributed by atoms with van der Waals surface area (Å²) in [6.45, 7) is 0. The maximum atomic E-state index is 13.6. The zero-order chi connectivity index (χ0) is 13.4. The second-order valence-electron chi connectivity index (χ2n) is 4.38. The van der Waals surface area contributed by atoms with Gasteiger partial charge in [0.15, 0.2) is 11.6 Å². The van der Waals surface area contributed by atoms with Gasteiger partial charge in [0.05, 0.1) is 0 Å². The number of para-hydroxylation sites is 1. The Bertz CT molecular complexity index is 713. The molecule has 1 heterocycles. The zero-order valence-corrected chi connectivity index (χ0v) is 9.88. The molecular weight excluding hydrogens is 251 g/mol. The van der Waals surface area contributed by atoms with Gasteiger partial charge in [0, 0.05) is 23.2 Å². The van der Waals surface area contributed by atoms with Gasteiger partial charge in [-0.2, -0.15) is 0 Å². The lowest BCUT2D eigenvalue weighted by Gasteiger charge is -2.04. The Kier molecular flexibility index (Phi) is 2.78. The highest BCUT2D eigenvalue weighted by Crippen LogP contribution is 2.21. The van der Waals surface area contributed by atoms with Crippen molar-refractivity contribution < 1.29 is 13.2 Å². The summed E-state index contributed by atoms with van der Waals surface area (Å²) in [4.78, 5) is 3.06. The Labute approximate surface area is 107 Å². The van der Waals surface area contributed by atoms with Crippen LogP contribution in [0.5, 0.6) is 0 Å². The van der Waals surface area contributed by atoms with Crippen LogP contribution >= 0.6 is 0 Å². The molecule has 0 aliphatic heterocycles. The summed E-state index contributed by atoms with van der Waals surface area (Å²) in [7, 11) is 0. The minimum atomic E-state index is -1.13. The van der Waals surface area contributed by atoms with Gasteiger partial charge in [0.1, 0.15) is 5.82 Å². The summed E-state index contributed by atoms with van der Waals surface area (Å²) in [6, 6.07) is 11.1. The maximum Gasteiger partial charge on any atom is 0.165 e. The number of hydrogen-bond donors (Lipinski definition) is 1. The SMILES string of the molecule is Fc1ccc(F)c(Cc2cc3ccccc3[nH]2)c1F. The van der Waals surface area contributed by atoms with E-state index in [4.69, 9.17) is 0 Å². The van der Waals surface area contributed by atoms with E-state index in [1.54, 1.807) is 6.07 Å². The lowest BCUT2D eigenvalue weighted by molar-refractivity contribution is 0.482. The van der Waals surface area contributed by atoms with Crippen molar-refractivity contribution in [3.05, 3.63) is 71.2 Å². The molecule has 19 heavy (non-hydrogen) atoms. The molecule has 1 N–H and O–H groups in total. The molecule has 1 nitrogen and oxygen atoms in total. The van der Waals surface area contributed by atoms with Gasteiger partial charge in [-0.15, -0.1) is 0 Å². The molecule has 0 atom stereocenters. The van der Waals surface area contributed by atoms with Gasteiger partial charge in [-0.1, -0.05) is 18.2 Å². The van der Waals surface area contributed by atoms with Crippen LogP contribution in [0.2, 0.25) is 0 Å². The molecule has 0 bridgehead atoms. The molecule has 96 valence electrons. The van der Waals surface area contributed by atoms with Crippen molar-refractivity contribution in [3.63, 3.8) is 0 Å². The quantitative estimate of drug-likeness (QED) is 0.666. The topological polar surface area (TPSA) is 15.8 Å². The number of hydrogen-bond acceptors (Lipinski definition) is 0. The molecule has 0 aliphatic carbocycles. The van der Waals surface area contributed by atoms with Crippen molar-refractivity contribution in [1.29, 1.82) is 0 Å². The van der Waals surface area contributed by atoms with E-state index in [9.17, 15) is 13.2 Å². The molecule has 0 saturated heterocycles. The number of rotatable bonds is 2. The molecule has 3 rings (SSSR count). The van der Waals surface area contributed by atoms with Gasteiger partial charge < -0.3 is 4.98 Å². The molecule has 1 aromatic heterocycles. The number of fused-ring (bicyclic) bond motifs is 1. The summed E-state index contributed by atoms with van der Waals surface area (Å²) >= 11 is 0. The molecule has 0 radical (unpaired) electrons. The molecule has 3 aromatic rings. The Morgan fingerprint density at radius 2 is 1.63 bits per heavy atom. The van der Waals surface area contributed by atoms with E-state index >= 15 is 0 Å². The van der Waals surface area contributed by atoms with Crippen molar-refractivity contribution in [1.82, 2.24) is 4.98 Å². The van der Waals surface area contributed by atoms with Gasteiger partial charge in [0.2, 0.25) is 0 Å². The fraction of sp³-hybridized carbons (Fsp3) is 0.0667. The molecule has 0 saturated carbocycles. The third-order valence-corrected chi connectivity index (χ3v) is 3.09. The largest absolute Gasteiger partial charge is 0.358 e. The Morgan fingerprint density at radius 1 is 0.895 bits per heavy atom. The van der Waals surface area contributed by atoms with Crippen molar-refractivity contribution in [2.45, 2.75) is 6.42 Å². The minimum absolute atomic E-state index is 0.00981. The Hall–Kier alpha value is -2.23. The number of nitrogens with one attached hydrogen (secondary N) is 1. The first kappa shape index (κ1) is 11.8. The fourth-order valence-electron chi connectivity index (χ4n) is 2.15. The average Bonchev–Trinajstić information content (AvgIpc) is 2.81. The summed E-state index contributed by atoms with van der Waals surface area (Å²) in [5, 5.41) is 0.953. The smallest absolute Gasteiger partial charge is 0.165 e. The van der Waals surface area contributed by atoms with Crippen molar-refractivity contribution >= 4 is 10.9 Å². The first-order chi connectivity index (χ1) is 9.15. The van der Waals surface area contributed by atoms with Gasteiger partial charge in [-0.3, -0.25) is 0 Å². The highest BCUT2D eigenvalue weighted by Gasteiger charge is 2.15. The number of halogens is 3. The minimum Gasteiger partial charge on any atom is -0.358 e. The van der Waals surface area contributed by atoms with E-state index in [0.717, 1.165) is 23.0 Å². The Balaban J connectivity index is 2.03. The number of aromatic amines is 1. The third kappa shape index (κ3) is 2.10. The summed E-state index contributed by atoms with van der Waals surface area (Å²) < 4.78 is 40.2. The predicted octanol–water partition coefficient (Wildman–Crippen LogP) is 4.18. The lowest BCUT2D eigenvalue weighted by atomic mass is 10.1. The van der Waals surface area contributed by atoms with Gasteiger partial charge >= 0.3 is 0 Å². The van der Waals surface area contributed by atoms with Gasteiger partial charge in [-0.05, 0) is 29.7 Å². The van der Waals surface area contributed by atoms with E-state index < -0.39 is 17.5 Å². The molecule has 0 amide bonds. The molecule has 2 aromatic carbocycles. The van der Waals surface area contributed by atoms with E-state index in [-0.39, 0.29) is 12.0 Å².